The van der Waals surface area contributed by atoms with Gasteiger partial charge in [-0.3, -0.25) is 0 Å². The van der Waals surface area contributed by atoms with E-state index in [0.717, 1.165) is 24.6 Å². The molecule has 0 radical (unpaired) electrons. The Bertz CT molecular complexity index is 225. The minimum absolute atomic E-state index is 0.586. The molecule has 0 amide bonds. The minimum atomic E-state index is 0.586. The standard InChI is InChI=1S/C14H25NO/c1-3-11-6-7-12(15-14(11)5-1)8-9-13-4-2-10-16-13/h11-15H,1-10H2. The summed E-state index contributed by atoms with van der Waals surface area (Å²) in [6, 6.07) is 1.66. The highest BCUT2D eigenvalue weighted by atomic mass is 16.5. The summed E-state index contributed by atoms with van der Waals surface area (Å²) in [6.45, 7) is 1.01. The Morgan fingerprint density at radius 1 is 0.938 bits per heavy atom. The molecule has 0 aromatic rings. The second-order valence-electron chi connectivity index (χ2n) is 5.95. The van der Waals surface area contributed by atoms with Gasteiger partial charge in [0.1, 0.15) is 0 Å². The van der Waals surface area contributed by atoms with Crippen LogP contribution in [0.4, 0.5) is 0 Å². The summed E-state index contributed by atoms with van der Waals surface area (Å²) in [5.41, 5.74) is 0. The molecule has 3 aliphatic rings. The third-order valence-corrected chi connectivity index (χ3v) is 4.86. The summed E-state index contributed by atoms with van der Waals surface area (Å²) in [5.74, 6) is 1.01. The van der Waals surface area contributed by atoms with Crippen molar-refractivity contribution in [1.82, 2.24) is 5.32 Å². The van der Waals surface area contributed by atoms with Gasteiger partial charge in [0.25, 0.3) is 0 Å². The number of hydrogen-bond acceptors (Lipinski definition) is 2. The molecule has 16 heavy (non-hydrogen) atoms. The van der Waals surface area contributed by atoms with Gasteiger partial charge in [0.2, 0.25) is 0 Å². The third-order valence-electron chi connectivity index (χ3n) is 4.86. The Hall–Kier alpha value is -0.0800. The smallest absolute Gasteiger partial charge is 0.0576 e. The summed E-state index contributed by atoms with van der Waals surface area (Å²) in [4.78, 5) is 0. The van der Waals surface area contributed by atoms with Gasteiger partial charge in [-0.15, -0.1) is 0 Å². The van der Waals surface area contributed by atoms with Gasteiger partial charge >= 0.3 is 0 Å². The lowest BCUT2D eigenvalue weighted by Gasteiger charge is -2.34. The first-order valence-corrected chi connectivity index (χ1v) is 7.29. The van der Waals surface area contributed by atoms with E-state index in [2.05, 4.69) is 5.32 Å². The second kappa shape index (κ2) is 5.05. The Kier molecular flexibility index (Phi) is 3.49. The van der Waals surface area contributed by atoms with Gasteiger partial charge in [0, 0.05) is 18.7 Å². The van der Waals surface area contributed by atoms with Crippen LogP contribution in [0.3, 0.4) is 0 Å². The molecule has 2 nitrogen and oxygen atoms in total. The fourth-order valence-electron chi connectivity index (χ4n) is 3.89. The average Bonchev–Trinajstić information content (AvgIpc) is 2.97. The molecule has 4 unspecified atom stereocenters. The Morgan fingerprint density at radius 3 is 2.81 bits per heavy atom. The Morgan fingerprint density at radius 2 is 1.94 bits per heavy atom. The van der Waals surface area contributed by atoms with Crippen molar-refractivity contribution in [3.8, 4) is 0 Å². The molecule has 0 aromatic carbocycles. The molecule has 1 aliphatic carbocycles. The lowest BCUT2D eigenvalue weighted by molar-refractivity contribution is 0.0963. The molecule has 2 aliphatic heterocycles. The van der Waals surface area contributed by atoms with E-state index in [-0.39, 0.29) is 0 Å². The highest BCUT2D eigenvalue weighted by Crippen LogP contribution is 2.34. The summed E-state index contributed by atoms with van der Waals surface area (Å²) < 4.78 is 5.70. The van der Waals surface area contributed by atoms with E-state index in [1.165, 1.54) is 57.8 Å². The molecule has 3 rings (SSSR count). The molecule has 0 aromatic heterocycles. The minimum Gasteiger partial charge on any atom is -0.378 e. The maximum absolute atomic E-state index is 5.70. The molecule has 2 heterocycles. The Balaban J connectivity index is 1.42. The van der Waals surface area contributed by atoms with E-state index in [0.29, 0.717) is 6.10 Å². The summed E-state index contributed by atoms with van der Waals surface area (Å²) in [7, 11) is 0. The topological polar surface area (TPSA) is 21.3 Å². The van der Waals surface area contributed by atoms with Gasteiger partial charge in [-0.2, -0.15) is 0 Å². The van der Waals surface area contributed by atoms with Gasteiger partial charge in [0.15, 0.2) is 0 Å². The van der Waals surface area contributed by atoms with Gasteiger partial charge < -0.3 is 10.1 Å². The van der Waals surface area contributed by atoms with E-state index < -0.39 is 0 Å². The van der Waals surface area contributed by atoms with Crippen molar-refractivity contribution < 1.29 is 4.74 Å². The number of hydrogen-bond donors (Lipinski definition) is 1. The van der Waals surface area contributed by atoms with Crippen molar-refractivity contribution >= 4 is 0 Å². The predicted octanol–water partition coefficient (Wildman–Crippen LogP) is 2.87. The van der Waals surface area contributed by atoms with Crippen molar-refractivity contribution in [1.29, 1.82) is 0 Å². The van der Waals surface area contributed by atoms with Gasteiger partial charge in [-0.05, 0) is 57.3 Å². The van der Waals surface area contributed by atoms with Crippen molar-refractivity contribution in [2.75, 3.05) is 6.61 Å². The summed E-state index contributed by atoms with van der Waals surface area (Å²) in [5, 5.41) is 3.88. The van der Waals surface area contributed by atoms with Crippen LogP contribution in [0.25, 0.3) is 0 Å². The van der Waals surface area contributed by atoms with E-state index >= 15 is 0 Å². The zero-order valence-electron chi connectivity index (χ0n) is 10.3. The molecule has 2 heteroatoms. The molecule has 1 saturated carbocycles. The van der Waals surface area contributed by atoms with Crippen LogP contribution in [0.2, 0.25) is 0 Å². The summed E-state index contributed by atoms with van der Waals surface area (Å²) >= 11 is 0. The normalized spacial score (nSPS) is 43.5. The number of ether oxygens (including phenoxy) is 1. The molecule has 92 valence electrons. The van der Waals surface area contributed by atoms with Crippen molar-refractivity contribution in [3.05, 3.63) is 0 Å². The van der Waals surface area contributed by atoms with Crippen LogP contribution in [0.1, 0.15) is 57.8 Å². The van der Waals surface area contributed by atoms with Crippen molar-refractivity contribution in [2.24, 2.45) is 5.92 Å². The first-order chi connectivity index (χ1) is 7.92. The lowest BCUT2D eigenvalue weighted by atomic mass is 9.87. The first-order valence-electron chi connectivity index (χ1n) is 7.29. The van der Waals surface area contributed by atoms with Crippen LogP contribution in [-0.2, 0) is 4.74 Å². The molecular formula is C14H25NO. The van der Waals surface area contributed by atoms with E-state index in [1.807, 2.05) is 0 Å². The monoisotopic (exact) mass is 223 g/mol. The van der Waals surface area contributed by atoms with Crippen molar-refractivity contribution in [2.45, 2.75) is 76.0 Å². The highest BCUT2D eigenvalue weighted by Gasteiger charge is 2.33. The number of piperidine rings is 1. The van der Waals surface area contributed by atoms with Crippen LogP contribution in [0, 0.1) is 5.92 Å². The van der Waals surface area contributed by atoms with Crippen molar-refractivity contribution in [3.63, 3.8) is 0 Å². The van der Waals surface area contributed by atoms with E-state index in [1.54, 1.807) is 0 Å². The fraction of sp³-hybridized carbons (Fsp3) is 1.00. The zero-order valence-corrected chi connectivity index (χ0v) is 10.3. The largest absolute Gasteiger partial charge is 0.378 e. The lowest BCUT2D eigenvalue weighted by Crippen LogP contribution is -2.45. The maximum atomic E-state index is 5.70. The number of nitrogens with one attached hydrogen (secondary N) is 1. The molecule has 0 spiro atoms. The molecule has 3 fully saturated rings. The first kappa shape index (κ1) is 11.0. The molecular weight excluding hydrogens is 198 g/mol. The second-order valence-corrected chi connectivity index (χ2v) is 5.95. The number of fused-ring (bicyclic) bond motifs is 1. The average molecular weight is 223 g/mol. The molecule has 4 atom stereocenters. The van der Waals surface area contributed by atoms with Gasteiger partial charge in [0.05, 0.1) is 6.10 Å². The van der Waals surface area contributed by atoms with E-state index in [4.69, 9.17) is 4.74 Å². The predicted molar refractivity (Wildman–Crippen MR) is 65.5 cm³/mol. The maximum Gasteiger partial charge on any atom is 0.0576 e. The van der Waals surface area contributed by atoms with Gasteiger partial charge in [-0.25, -0.2) is 0 Å². The van der Waals surface area contributed by atoms with Crippen LogP contribution in [-0.4, -0.2) is 24.8 Å². The van der Waals surface area contributed by atoms with Crippen LogP contribution in [0.15, 0.2) is 0 Å². The number of rotatable bonds is 3. The quantitative estimate of drug-likeness (QED) is 0.794. The third kappa shape index (κ3) is 2.43. The van der Waals surface area contributed by atoms with Crippen LogP contribution < -0.4 is 5.32 Å². The Labute approximate surface area is 99.1 Å². The van der Waals surface area contributed by atoms with E-state index in [9.17, 15) is 0 Å². The summed E-state index contributed by atoms with van der Waals surface area (Å²) in [6.07, 6.45) is 13.1. The van der Waals surface area contributed by atoms with Crippen LogP contribution >= 0.6 is 0 Å². The molecule has 1 N–H and O–H groups in total. The SMILES string of the molecule is C1COC(CCC2CCC3CCCC3N2)C1. The molecule has 0 bridgehead atoms. The van der Waals surface area contributed by atoms with Gasteiger partial charge in [-0.1, -0.05) is 6.42 Å². The zero-order chi connectivity index (χ0) is 10.8. The fourth-order valence-corrected chi connectivity index (χ4v) is 3.89. The highest BCUT2D eigenvalue weighted by molar-refractivity contribution is 4.91. The molecule has 2 saturated heterocycles. The van der Waals surface area contributed by atoms with Crippen LogP contribution in [0.5, 0.6) is 0 Å².